The van der Waals surface area contributed by atoms with Gasteiger partial charge in [0, 0.05) is 15.6 Å². The van der Waals surface area contributed by atoms with E-state index in [2.05, 4.69) is 17.0 Å². The van der Waals surface area contributed by atoms with E-state index in [9.17, 15) is 5.11 Å². The lowest BCUT2D eigenvalue weighted by Crippen LogP contribution is -2.32. The van der Waals surface area contributed by atoms with Gasteiger partial charge in [-0.2, -0.15) is 5.10 Å². The fourth-order valence-electron chi connectivity index (χ4n) is 2.22. The summed E-state index contributed by atoms with van der Waals surface area (Å²) in [7, 11) is 0. The van der Waals surface area contributed by atoms with E-state index in [4.69, 9.17) is 23.2 Å². The summed E-state index contributed by atoms with van der Waals surface area (Å²) in [4.78, 5) is 3.90. The van der Waals surface area contributed by atoms with Crippen molar-refractivity contribution in [2.45, 2.75) is 38.3 Å². The number of hydrogen-bond acceptors (Lipinski definition) is 3. The van der Waals surface area contributed by atoms with Crippen molar-refractivity contribution in [1.82, 2.24) is 14.8 Å². The van der Waals surface area contributed by atoms with E-state index in [1.54, 1.807) is 29.2 Å². The lowest BCUT2D eigenvalue weighted by molar-refractivity contribution is 0.00429. The molecule has 4 nitrogen and oxygen atoms in total. The molecule has 0 spiro atoms. The van der Waals surface area contributed by atoms with E-state index in [0.717, 1.165) is 12.8 Å². The second-order valence-electron chi connectivity index (χ2n) is 4.85. The van der Waals surface area contributed by atoms with E-state index in [0.29, 0.717) is 28.6 Å². The van der Waals surface area contributed by atoms with Gasteiger partial charge in [-0.1, -0.05) is 49.0 Å². The second kappa shape index (κ2) is 6.57. The predicted molar refractivity (Wildman–Crippen MR) is 79.9 cm³/mol. The third-order valence-corrected chi connectivity index (χ3v) is 3.81. The van der Waals surface area contributed by atoms with Crippen LogP contribution in [0.25, 0.3) is 0 Å². The molecular formula is C14H17Cl2N3O. The first-order chi connectivity index (χ1) is 9.55. The Morgan fingerprint density at radius 1 is 1.35 bits per heavy atom. The summed E-state index contributed by atoms with van der Waals surface area (Å²) in [5.74, 6) is 0. The van der Waals surface area contributed by atoms with Crippen LogP contribution < -0.4 is 0 Å². The molecule has 108 valence electrons. The molecule has 1 aromatic carbocycles. The summed E-state index contributed by atoms with van der Waals surface area (Å²) in [5, 5.41) is 16.1. The van der Waals surface area contributed by atoms with Gasteiger partial charge in [-0.05, 0) is 18.6 Å². The highest BCUT2D eigenvalue weighted by molar-refractivity contribution is 6.35. The SMILES string of the molecule is CCCCC(O)(Cn1cncn1)c1ccc(Cl)cc1Cl. The maximum atomic E-state index is 11.0. The smallest absolute Gasteiger partial charge is 0.137 e. The highest BCUT2D eigenvalue weighted by Gasteiger charge is 2.31. The Morgan fingerprint density at radius 2 is 2.15 bits per heavy atom. The van der Waals surface area contributed by atoms with Crippen LogP contribution in [0.15, 0.2) is 30.9 Å². The fourth-order valence-corrected chi connectivity index (χ4v) is 2.80. The highest BCUT2D eigenvalue weighted by atomic mass is 35.5. The van der Waals surface area contributed by atoms with Crippen LogP contribution in [0.5, 0.6) is 0 Å². The third kappa shape index (κ3) is 3.51. The molecule has 0 aliphatic rings. The van der Waals surface area contributed by atoms with Gasteiger partial charge < -0.3 is 5.11 Å². The Balaban J connectivity index is 2.34. The van der Waals surface area contributed by atoms with Crippen LogP contribution in [0.1, 0.15) is 31.7 Å². The number of unbranched alkanes of at least 4 members (excludes halogenated alkanes) is 1. The van der Waals surface area contributed by atoms with Crippen LogP contribution >= 0.6 is 23.2 Å². The van der Waals surface area contributed by atoms with Gasteiger partial charge in [0.25, 0.3) is 0 Å². The number of benzene rings is 1. The maximum Gasteiger partial charge on any atom is 0.137 e. The average molecular weight is 314 g/mol. The summed E-state index contributed by atoms with van der Waals surface area (Å²) in [6.07, 6.45) is 5.52. The molecular weight excluding hydrogens is 297 g/mol. The van der Waals surface area contributed by atoms with E-state index in [-0.39, 0.29) is 0 Å². The molecule has 1 aromatic heterocycles. The summed E-state index contributed by atoms with van der Waals surface area (Å²) >= 11 is 12.2. The van der Waals surface area contributed by atoms with Gasteiger partial charge in [0.2, 0.25) is 0 Å². The number of halogens is 2. The maximum absolute atomic E-state index is 11.0. The molecule has 20 heavy (non-hydrogen) atoms. The Hall–Kier alpha value is -1.10. The molecule has 2 aromatic rings. The van der Waals surface area contributed by atoms with E-state index in [1.807, 2.05) is 0 Å². The lowest BCUT2D eigenvalue weighted by Gasteiger charge is -2.29. The second-order valence-corrected chi connectivity index (χ2v) is 5.70. The van der Waals surface area contributed by atoms with Crippen LogP contribution in [-0.2, 0) is 12.1 Å². The van der Waals surface area contributed by atoms with Crippen molar-refractivity contribution in [1.29, 1.82) is 0 Å². The molecule has 1 heterocycles. The lowest BCUT2D eigenvalue weighted by atomic mass is 9.88. The summed E-state index contributed by atoms with van der Waals surface area (Å²) in [5.41, 5.74) is -0.404. The number of aromatic nitrogens is 3. The van der Waals surface area contributed by atoms with E-state index in [1.165, 1.54) is 6.33 Å². The molecule has 0 amide bonds. The molecule has 0 fully saturated rings. The summed E-state index contributed by atoms with van der Waals surface area (Å²) in [6, 6.07) is 5.16. The minimum Gasteiger partial charge on any atom is -0.383 e. The zero-order chi connectivity index (χ0) is 14.6. The Labute approximate surface area is 128 Å². The number of rotatable bonds is 6. The first kappa shape index (κ1) is 15.3. The molecule has 1 N–H and O–H groups in total. The monoisotopic (exact) mass is 313 g/mol. The van der Waals surface area contributed by atoms with Crippen LogP contribution in [0, 0.1) is 0 Å². The van der Waals surface area contributed by atoms with Crippen LogP contribution in [0.4, 0.5) is 0 Å². The molecule has 0 saturated heterocycles. The molecule has 0 saturated carbocycles. The van der Waals surface area contributed by atoms with Crippen molar-refractivity contribution in [3.63, 3.8) is 0 Å². The van der Waals surface area contributed by atoms with Gasteiger partial charge in [-0.25, -0.2) is 9.67 Å². The summed E-state index contributed by atoms with van der Waals surface area (Å²) < 4.78 is 1.61. The molecule has 0 aliphatic heterocycles. The van der Waals surface area contributed by atoms with Crippen molar-refractivity contribution in [2.75, 3.05) is 0 Å². The average Bonchev–Trinajstić information content (AvgIpc) is 2.88. The van der Waals surface area contributed by atoms with Gasteiger partial charge >= 0.3 is 0 Å². The van der Waals surface area contributed by atoms with Crippen LogP contribution in [0.2, 0.25) is 10.0 Å². The van der Waals surface area contributed by atoms with Crippen molar-refractivity contribution in [3.05, 3.63) is 46.5 Å². The third-order valence-electron chi connectivity index (χ3n) is 3.27. The first-order valence-corrected chi connectivity index (χ1v) is 7.31. The largest absolute Gasteiger partial charge is 0.383 e. The highest BCUT2D eigenvalue weighted by Crippen LogP contribution is 2.35. The van der Waals surface area contributed by atoms with Gasteiger partial charge in [-0.15, -0.1) is 0 Å². The molecule has 0 aliphatic carbocycles. The topological polar surface area (TPSA) is 50.9 Å². The van der Waals surface area contributed by atoms with Crippen molar-refractivity contribution >= 4 is 23.2 Å². The van der Waals surface area contributed by atoms with Crippen molar-refractivity contribution < 1.29 is 5.11 Å². The number of aliphatic hydroxyl groups is 1. The predicted octanol–water partition coefficient (Wildman–Crippen LogP) is 3.66. The van der Waals surface area contributed by atoms with Gasteiger partial charge in [-0.3, -0.25) is 0 Å². The Morgan fingerprint density at radius 3 is 2.75 bits per heavy atom. The number of hydrogen-bond donors (Lipinski definition) is 1. The summed E-state index contributed by atoms with van der Waals surface area (Å²) in [6.45, 7) is 2.40. The molecule has 0 radical (unpaired) electrons. The molecule has 0 bridgehead atoms. The van der Waals surface area contributed by atoms with Gasteiger partial charge in [0.15, 0.2) is 0 Å². The van der Waals surface area contributed by atoms with Crippen molar-refractivity contribution in [2.24, 2.45) is 0 Å². The quantitative estimate of drug-likeness (QED) is 0.885. The fraction of sp³-hybridized carbons (Fsp3) is 0.429. The molecule has 2 rings (SSSR count). The van der Waals surface area contributed by atoms with E-state index >= 15 is 0 Å². The minimum atomic E-state index is -1.08. The zero-order valence-electron chi connectivity index (χ0n) is 11.3. The Bertz CT molecular complexity index is 560. The van der Waals surface area contributed by atoms with Crippen molar-refractivity contribution in [3.8, 4) is 0 Å². The minimum absolute atomic E-state index is 0.314. The standard InChI is InChI=1S/C14H17Cl2N3O/c1-2-3-6-14(20,8-19-10-17-9-18-19)12-5-4-11(15)7-13(12)16/h4-5,7,9-10,20H,2-3,6,8H2,1H3. The van der Waals surface area contributed by atoms with E-state index < -0.39 is 5.60 Å². The number of nitrogens with zero attached hydrogens (tertiary/aromatic N) is 3. The van der Waals surface area contributed by atoms with Gasteiger partial charge in [0.05, 0.1) is 6.54 Å². The van der Waals surface area contributed by atoms with Crippen LogP contribution in [0.3, 0.4) is 0 Å². The zero-order valence-corrected chi connectivity index (χ0v) is 12.8. The molecule has 1 unspecified atom stereocenters. The Kier molecular flexibility index (Phi) is 5.02. The molecule has 6 heteroatoms. The van der Waals surface area contributed by atoms with Crippen LogP contribution in [-0.4, -0.2) is 19.9 Å². The first-order valence-electron chi connectivity index (χ1n) is 6.55. The normalized spacial score (nSPS) is 14.2. The molecule has 1 atom stereocenters. The van der Waals surface area contributed by atoms with Gasteiger partial charge in [0.1, 0.15) is 18.3 Å².